The second kappa shape index (κ2) is 10.1. The van der Waals surface area contributed by atoms with Gasteiger partial charge in [-0.2, -0.15) is 5.10 Å². The van der Waals surface area contributed by atoms with E-state index in [2.05, 4.69) is 36.4 Å². The number of hydrogen-bond donors (Lipinski definition) is 1. The zero-order valence-electron chi connectivity index (χ0n) is 17.6. The summed E-state index contributed by atoms with van der Waals surface area (Å²) in [5.41, 5.74) is 7.34. The lowest BCUT2D eigenvalue weighted by Gasteiger charge is -2.09. The number of benzene rings is 3. The summed E-state index contributed by atoms with van der Waals surface area (Å²) in [7, 11) is 3.22. The van der Waals surface area contributed by atoms with Gasteiger partial charge in [-0.15, -0.1) is 0 Å². The number of halogens is 1. The molecule has 6 nitrogen and oxygen atoms in total. The SMILES string of the molecule is COc1ccc(C=NNc2nc(-c3ccccc3)cc(-c3ccc(Br)cc3)n2)c(OC)c1. The maximum Gasteiger partial charge on any atom is 0.244 e. The van der Waals surface area contributed by atoms with Crippen molar-refractivity contribution >= 4 is 28.1 Å². The van der Waals surface area contributed by atoms with E-state index in [4.69, 9.17) is 9.47 Å². The van der Waals surface area contributed by atoms with Crippen molar-refractivity contribution in [3.63, 3.8) is 0 Å². The quantitative estimate of drug-likeness (QED) is 0.253. The van der Waals surface area contributed by atoms with E-state index >= 15 is 0 Å². The van der Waals surface area contributed by atoms with Crippen LogP contribution in [0.4, 0.5) is 5.95 Å². The van der Waals surface area contributed by atoms with E-state index in [1.807, 2.05) is 72.8 Å². The van der Waals surface area contributed by atoms with Crippen LogP contribution in [-0.4, -0.2) is 30.4 Å². The highest BCUT2D eigenvalue weighted by atomic mass is 79.9. The van der Waals surface area contributed by atoms with E-state index in [1.54, 1.807) is 26.5 Å². The number of hydrogen-bond acceptors (Lipinski definition) is 6. The number of aromatic nitrogens is 2. The van der Waals surface area contributed by atoms with E-state index in [1.165, 1.54) is 0 Å². The number of anilines is 1. The van der Waals surface area contributed by atoms with Gasteiger partial charge in [-0.3, -0.25) is 0 Å². The molecule has 1 heterocycles. The molecule has 0 aliphatic rings. The molecule has 0 spiro atoms. The summed E-state index contributed by atoms with van der Waals surface area (Å²) in [6.45, 7) is 0. The Morgan fingerprint density at radius 2 is 1.50 bits per heavy atom. The van der Waals surface area contributed by atoms with Gasteiger partial charge in [-0.1, -0.05) is 58.4 Å². The molecule has 3 aromatic carbocycles. The van der Waals surface area contributed by atoms with Crippen LogP contribution in [0.25, 0.3) is 22.5 Å². The average molecular weight is 489 g/mol. The molecule has 0 saturated heterocycles. The van der Waals surface area contributed by atoms with Crippen molar-refractivity contribution < 1.29 is 9.47 Å². The standard InChI is InChI=1S/C25H21BrN4O2/c1-31-21-13-10-19(24(14-21)32-2)16-27-30-25-28-22(17-6-4-3-5-7-17)15-23(29-25)18-8-11-20(26)12-9-18/h3-16H,1-2H3,(H,28,29,30). The number of hydrazone groups is 1. The molecule has 0 radical (unpaired) electrons. The van der Waals surface area contributed by atoms with Gasteiger partial charge in [-0.25, -0.2) is 15.4 Å². The van der Waals surface area contributed by atoms with Gasteiger partial charge in [0.25, 0.3) is 0 Å². The van der Waals surface area contributed by atoms with Gasteiger partial charge in [0.2, 0.25) is 5.95 Å². The average Bonchev–Trinajstić information content (AvgIpc) is 2.85. The Labute approximate surface area is 195 Å². The molecular formula is C25H21BrN4O2. The molecule has 0 saturated carbocycles. The second-order valence-electron chi connectivity index (χ2n) is 6.81. The van der Waals surface area contributed by atoms with Gasteiger partial charge in [0.1, 0.15) is 11.5 Å². The number of nitrogens with one attached hydrogen (secondary N) is 1. The lowest BCUT2D eigenvalue weighted by molar-refractivity contribution is 0.394. The van der Waals surface area contributed by atoms with Gasteiger partial charge >= 0.3 is 0 Å². The van der Waals surface area contributed by atoms with Crippen LogP contribution in [0.15, 0.2) is 88.4 Å². The van der Waals surface area contributed by atoms with E-state index in [-0.39, 0.29) is 0 Å². The van der Waals surface area contributed by atoms with E-state index in [0.29, 0.717) is 17.4 Å². The Morgan fingerprint density at radius 1 is 0.812 bits per heavy atom. The van der Waals surface area contributed by atoms with E-state index < -0.39 is 0 Å². The Balaban J connectivity index is 1.66. The summed E-state index contributed by atoms with van der Waals surface area (Å²) in [4.78, 5) is 9.31. The summed E-state index contributed by atoms with van der Waals surface area (Å²) in [6.07, 6.45) is 1.66. The van der Waals surface area contributed by atoms with Crippen LogP contribution >= 0.6 is 15.9 Å². The van der Waals surface area contributed by atoms with Crippen molar-refractivity contribution in [2.45, 2.75) is 0 Å². The van der Waals surface area contributed by atoms with Crippen molar-refractivity contribution in [3.05, 3.63) is 88.9 Å². The fourth-order valence-electron chi connectivity index (χ4n) is 3.11. The van der Waals surface area contributed by atoms with E-state index in [9.17, 15) is 0 Å². The highest BCUT2D eigenvalue weighted by Crippen LogP contribution is 2.27. The summed E-state index contributed by atoms with van der Waals surface area (Å²) in [5, 5.41) is 4.33. The summed E-state index contributed by atoms with van der Waals surface area (Å²) < 4.78 is 11.7. The molecule has 4 aromatic rings. The Hall–Kier alpha value is -3.71. The van der Waals surface area contributed by atoms with Crippen LogP contribution in [0.5, 0.6) is 11.5 Å². The smallest absolute Gasteiger partial charge is 0.244 e. The fourth-order valence-corrected chi connectivity index (χ4v) is 3.37. The molecule has 0 amide bonds. The maximum absolute atomic E-state index is 5.42. The maximum atomic E-state index is 5.42. The van der Waals surface area contributed by atoms with Crippen LogP contribution in [0.1, 0.15) is 5.56 Å². The molecule has 32 heavy (non-hydrogen) atoms. The normalized spacial score (nSPS) is 10.8. The first-order chi connectivity index (χ1) is 15.7. The molecule has 1 N–H and O–H groups in total. The fraction of sp³-hybridized carbons (Fsp3) is 0.0800. The molecule has 0 aliphatic carbocycles. The third-order valence-electron chi connectivity index (χ3n) is 4.74. The highest BCUT2D eigenvalue weighted by Gasteiger charge is 2.09. The summed E-state index contributed by atoms with van der Waals surface area (Å²) >= 11 is 3.48. The second-order valence-corrected chi connectivity index (χ2v) is 7.73. The molecule has 7 heteroatoms. The zero-order valence-corrected chi connectivity index (χ0v) is 19.2. The van der Waals surface area contributed by atoms with Crippen molar-refractivity contribution in [2.24, 2.45) is 5.10 Å². The van der Waals surface area contributed by atoms with Crippen LogP contribution < -0.4 is 14.9 Å². The van der Waals surface area contributed by atoms with Crippen LogP contribution in [0.3, 0.4) is 0 Å². The molecule has 0 unspecified atom stereocenters. The summed E-state index contributed by atoms with van der Waals surface area (Å²) in [5.74, 6) is 1.77. The molecule has 0 atom stereocenters. The van der Waals surface area contributed by atoms with E-state index in [0.717, 1.165) is 32.6 Å². The van der Waals surface area contributed by atoms with Gasteiger partial charge in [-0.05, 0) is 30.3 Å². The molecule has 0 bridgehead atoms. The number of ether oxygens (including phenoxy) is 2. The van der Waals surface area contributed by atoms with Gasteiger partial charge in [0, 0.05) is 27.2 Å². The first-order valence-corrected chi connectivity index (χ1v) is 10.7. The zero-order chi connectivity index (χ0) is 22.3. The minimum Gasteiger partial charge on any atom is -0.497 e. The Bertz CT molecular complexity index is 1230. The molecule has 160 valence electrons. The highest BCUT2D eigenvalue weighted by molar-refractivity contribution is 9.10. The molecule has 1 aromatic heterocycles. The van der Waals surface area contributed by atoms with Crippen LogP contribution in [0.2, 0.25) is 0 Å². The van der Waals surface area contributed by atoms with Crippen LogP contribution in [0, 0.1) is 0 Å². The summed E-state index contributed by atoms with van der Waals surface area (Å²) in [6, 6.07) is 25.5. The number of methoxy groups -OCH3 is 2. The monoisotopic (exact) mass is 488 g/mol. The van der Waals surface area contributed by atoms with Gasteiger partial charge < -0.3 is 9.47 Å². The van der Waals surface area contributed by atoms with Crippen molar-refractivity contribution in [1.29, 1.82) is 0 Å². The minimum atomic E-state index is 0.396. The van der Waals surface area contributed by atoms with Crippen molar-refractivity contribution in [1.82, 2.24) is 9.97 Å². The van der Waals surface area contributed by atoms with Gasteiger partial charge in [0.05, 0.1) is 31.8 Å². The third-order valence-corrected chi connectivity index (χ3v) is 5.27. The Kier molecular flexibility index (Phi) is 6.77. The predicted molar refractivity (Wildman–Crippen MR) is 131 cm³/mol. The largest absolute Gasteiger partial charge is 0.497 e. The Morgan fingerprint density at radius 3 is 2.16 bits per heavy atom. The molecular weight excluding hydrogens is 468 g/mol. The first-order valence-electron chi connectivity index (χ1n) is 9.88. The third kappa shape index (κ3) is 5.12. The molecule has 0 fully saturated rings. The lowest BCUT2D eigenvalue weighted by atomic mass is 10.1. The van der Waals surface area contributed by atoms with Crippen molar-refractivity contribution in [3.8, 4) is 34.0 Å². The van der Waals surface area contributed by atoms with Gasteiger partial charge in [0.15, 0.2) is 0 Å². The first kappa shape index (κ1) is 21.5. The lowest BCUT2D eigenvalue weighted by Crippen LogP contribution is -2.01. The topological polar surface area (TPSA) is 68.6 Å². The predicted octanol–water partition coefficient (Wildman–Crippen LogP) is 6.04. The molecule has 4 rings (SSSR count). The number of rotatable bonds is 7. The number of nitrogens with zero attached hydrogens (tertiary/aromatic N) is 3. The van der Waals surface area contributed by atoms with Crippen molar-refractivity contribution in [2.75, 3.05) is 19.6 Å². The minimum absolute atomic E-state index is 0.396. The van der Waals surface area contributed by atoms with Crippen LogP contribution in [-0.2, 0) is 0 Å². The molecule has 0 aliphatic heterocycles.